The zero-order valence-electron chi connectivity index (χ0n) is 16.3. The number of hydrogen-bond donors (Lipinski definition) is 0. The summed E-state index contributed by atoms with van der Waals surface area (Å²) in [6, 6.07) is 19.4. The summed E-state index contributed by atoms with van der Waals surface area (Å²) >= 11 is 5.87. The van der Waals surface area contributed by atoms with Gasteiger partial charge in [-0.25, -0.2) is 9.79 Å². The van der Waals surface area contributed by atoms with Gasteiger partial charge in [-0.1, -0.05) is 41.4 Å². The molecule has 31 heavy (non-hydrogen) atoms. The van der Waals surface area contributed by atoms with Gasteiger partial charge in [0.15, 0.2) is 5.70 Å². The van der Waals surface area contributed by atoms with Crippen LogP contribution in [0.2, 0.25) is 5.02 Å². The number of esters is 1. The SMILES string of the molecule is Cc1ccc(S(=O)(=O)Oc2ccc(/C=C3\N=C(c4ccc(Cl)cc4)OC3=O)cc2)cc1. The fourth-order valence-electron chi connectivity index (χ4n) is 2.78. The summed E-state index contributed by atoms with van der Waals surface area (Å²) in [5, 5.41) is 0.566. The van der Waals surface area contributed by atoms with E-state index in [9.17, 15) is 13.2 Å². The van der Waals surface area contributed by atoms with Gasteiger partial charge in [-0.2, -0.15) is 8.42 Å². The number of ether oxygens (including phenoxy) is 1. The van der Waals surface area contributed by atoms with Crippen molar-refractivity contribution in [2.75, 3.05) is 0 Å². The Bertz CT molecular complexity index is 1290. The lowest BCUT2D eigenvalue weighted by Crippen LogP contribution is -2.09. The molecule has 0 unspecified atom stereocenters. The number of carbonyl (C=O) groups excluding carboxylic acids is 1. The van der Waals surface area contributed by atoms with Gasteiger partial charge in [0.05, 0.1) is 0 Å². The van der Waals surface area contributed by atoms with Gasteiger partial charge in [-0.3, -0.25) is 0 Å². The van der Waals surface area contributed by atoms with E-state index in [1.54, 1.807) is 54.6 Å². The normalized spacial score (nSPS) is 15.0. The van der Waals surface area contributed by atoms with Gasteiger partial charge in [0, 0.05) is 10.6 Å². The van der Waals surface area contributed by atoms with Gasteiger partial charge in [0.1, 0.15) is 10.6 Å². The van der Waals surface area contributed by atoms with Crippen molar-refractivity contribution in [3.63, 3.8) is 0 Å². The lowest BCUT2D eigenvalue weighted by molar-refractivity contribution is -0.129. The van der Waals surface area contributed by atoms with Crippen molar-refractivity contribution in [2.24, 2.45) is 4.99 Å². The van der Waals surface area contributed by atoms with E-state index in [2.05, 4.69) is 4.99 Å². The quantitative estimate of drug-likeness (QED) is 0.316. The van der Waals surface area contributed by atoms with Crippen molar-refractivity contribution in [1.82, 2.24) is 0 Å². The van der Waals surface area contributed by atoms with Gasteiger partial charge in [-0.15, -0.1) is 0 Å². The highest BCUT2D eigenvalue weighted by Crippen LogP contribution is 2.23. The summed E-state index contributed by atoms with van der Waals surface area (Å²) in [6.07, 6.45) is 1.55. The van der Waals surface area contributed by atoms with Crippen LogP contribution in [-0.2, 0) is 19.6 Å². The Morgan fingerprint density at radius 3 is 2.23 bits per heavy atom. The molecule has 8 heteroatoms. The van der Waals surface area contributed by atoms with E-state index in [1.165, 1.54) is 24.3 Å². The molecular weight excluding hydrogens is 438 g/mol. The molecule has 0 aromatic heterocycles. The van der Waals surface area contributed by atoms with E-state index in [0.29, 0.717) is 16.1 Å². The molecule has 156 valence electrons. The van der Waals surface area contributed by atoms with Gasteiger partial charge in [0.2, 0.25) is 5.90 Å². The van der Waals surface area contributed by atoms with Crippen molar-refractivity contribution >= 4 is 39.7 Å². The maximum Gasteiger partial charge on any atom is 0.363 e. The molecule has 1 aliphatic heterocycles. The minimum Gasteiger partial charge on any atom is -0.402 e. The topological polar surface area (TPSA) is 82.0 Å². The van der Waals surface area contributed by atoms with E-state index in [1.807, 2.05) is 6.92 Å². The van der Waals surface area contributed by atoms with Crippen molar-refractivity contribution in [1.29, 1.82) is 0 Å². The first-order valence-corrected chi connectivity index (χ1v) is 11.0. The van der Waals surface area contributed by atoms with Crippen LogP contribution >= 0.6 is 11.6 Å². The van der Waals surface area contributed by atoms with Crippen molar-refractivity contribution in [2.45, 2.75) is 11.8 Å². The smallest absolute Gasteiger partial charge is 0.363 e. The minimum atomic E-state index is -3.94. The number of rotatable bonds is 5. The molecule has 1 heterocycles. The molecule has 1 aliphatic rings. The highest BCUT2D eigenvalue weighted by Gasteiger charge is 2.24. The van der Waals surface area contributed by atoms with E-state index >= 15 is 0 Å². The molecule has 0 aliphatic carbocycles. The second-order valence-corrected chi connectivity index (χ2v) is 8.75. The summed E-state index contributed by atoms with van der Waals surface area (Å²) < 4.78 is 35.2. The zero-order chi connectivity index (χ0) is 22.0. The predicted molar refractivity (Wildman–Crippen MR) is 117 cm³/mol. The molecule has 0 bridgehead atoms. The van der Waals surface area contributed by atoms with Crippen LogP contribution in [0, 0.1) is 6.92 Å². The highest BCUT2D eigenvalue weighted by molar-refractivity contribution is 7.87. The third-order valence-corrected chi connectivity index (χ3v) is 5.92. The van der Waals surface area contributed by atoms with Crippen LogP contribution in [0.15, 0.2) is 88.4 Å². The van der Waals surface area contributed by atoms with Crippen LogP contribution < -0.4 is 4.18 Å². The molecule has 0 radical (unpaired) electrons. The lowest BCUT2D eigenvalue weighted by atomic mass is 10.2. The average Bonchev–Trinajstić information content (AvgIpc) is 3.10. The molecule has 0 fully saturated rings. The highest BCUT2D eigenvalue weighted by atomic mass is 35.5. The maximum absolute atomic E-state index is 12.4. The van der Waals surface area contributed by atoms with Crippen LogP contribution in [0.4, 0.5) is 0 Å². The standard InChI is InChI=1S/C23H16ClNO5S/c1-15-2-12-20(13-3-15)31(27,28)30-19-10-4-16(5-11-19)14-21-23(26)29-22(25-21)17-6-8-18(24)9-7-17/h2-14H,1H3/b21-14-. The molecule has 0 amide bonds. The number of hydrogen-bond acceptors (Lipinski definition) is 6. The molecular formula is C23H16ClNO5S. The lowest BCUT2D eigenvalue weighted by Gasteiger charge is -2.07. The third-order valence-electron chi connectivity index (χ3n) is 4.41. The molecule has 0 saturated heterocycles. The number of halogens is 1. The van der Waals surface area contributed by atoms with Crippen LogP contribution in [0.25, 0.3) is 6.08 Å². The molecule has 0 saturated carbocycles. The molecule has 0 atom stereocenters. The van der Waals surface area contributed by atoms with Gasteiger partial charge >= 0.3 is 16.1 Å². The van der Waals surface area contributed by atoms with Crippen molar-refractivity contribution in [3.05, 3.63) is 100 Å². The van der Waals surface area contributed by atoms with E-state index < -0.39 is 16.1 Å². The number of aryl methyl sites for hydroxylation is 1. The summed E-state index contributed by atoms with van der Waals surface area (Å²) in [5.74, 6) is -0.230. The number of nitrogens with zero attached hydrogens (tertiary/aromatic N) is 1. The second kappa shape index (κ2) is 8.37. The molecule has 0 spiro atoms. The monoisotopic (exact) mass is 453 g/mol. The summed E-state index contributed by atoms with van der Waals surface area (Å²) in [6.45, 7) is 1.87. The minimum absolute atomic E-state index is 0.0714. The second-order valence-electron chi connectivity index (χ2n) is 6.76. The number of cyclic esters (lactones) is 1. The van der Waals surface area contributed by atoms with Crippen molar-refractivity contribution < 1.29 is 22.1 Å². The Balaban J connectivity index is 1.51. The predicted octanol–water partition coefficient (Wildman–Crippen LogP) is 4.76. The van der Waals surface area contributed by atoms with E-state index in [-0.39, 0.29) is 22.2 Å². The van der Waals surface area contributed by atoms with E-state index in [0.717, 1.165) is 5.56 Å². The number of aliphatic imine (C=N–C) groups is 1. The maximum atomic E-state index is 12.4. The van der Waals surface area contributed by atoms with Gasteiger partial charge in [-0.05, 0) is 67.1 Å². The van der Waals surface area contributed by atoms with Gasteiger partial charge in [0.25, 0.3) is 0 Å². The number of benzene rings is 3. The fraction of sp³-hybridized carbons (Fsp3) is 0.0435. The first-order chi connectivity index (χ1) is 14.8. The van der Waals surface area contributed by atoms with Crippen LogP contribution in [0.1, 0.15) is 16.7 Å². The van der Waals surface area contributed by atoms with Gasteiger partial charge < -0.3 is 8.92 Å². The third kappa shape index (κ3) is 4.84. The summed E-state index contributed by atoms with van der Waals surface area (Å²) in [5.41, 5.74) is 2.34. The first kappa shape index (κ1) is 20.8. The van der Waals surface area contributed by atoms with E-state index in [4.69, 9.17) is 20.5 Å². The Morgan fingerprint density at radius 1 is 0.935 bits per heavy atom. The largest absolute Gasteiger partial charge is 0.402 e. The summed E-state index contributed by atoms with van der Waals surface area (Å²) in [4.78, 5) is 16.4. The average molecular weight is 454 g/mol. The molecule has 3 aromatic rings. The van der Waals surface area contributed by atoms with Crippen molar-refractivity contribution in [3.8, 4) is 5.75 Å². The Kier molecular flexibility index (Phi) is 5.63. The number of carbonyl (C=O) groups is 1. The molecule has 0 N–H and O–H groups in total. The van der Waals surface area contributed by atoms with Crippen LogP contribution in [0.5, 0.6) is 5.75 Å². The Hall–Kier alpha value is -3.42. The van der Waals surface area contributed by atoms with Crippen LogP contribution in [-0.4, -0.2) is 20.3 Å². The first-order valence-electron chi connectivity index (χ1n) is 9.20. The Morgan fingerprint density at radius 2 is 1.58 bits per heavy atom. The van der Waals surface area contributed by atoms with Crippen LogP contribution in [0.3, 0.4) is 0 Å². The summed E-state index contributed by atoms with van der Waals surface area (Å²) in [7, 11) is -3.94. The fourth-order valence-corrected chi connectivity index (χ4v) is 3.84. The zero-order valence-corrected chi connectivity index (χ0v) is 17.9. The Labute approximate surface area is 184 Å². The molecule has 6 nitrogen and oxygen atoms in total. The molecule has 4 rings (SSSR count). The molecule has 3 aromatic carbocycles.